The lowest BCUT2D eigenvalue weighted by atomic mass is 10.0. The van der Waals surface area contributed by atoms with Crippen LogP contribution >= 0.6 is 27.5 Å². The van der Waals surface area contributed by atoms with Gasteiger partial charge in [-0.1, -0.05) is 51.8 Å². The molecule has 1 amide bonds. The van der Waals surface area contributed by atoms with Crippen molar-refractivity contribution in [3.05, 3.63) is 64.2 Å². The summed E-state index contributed by atoms with van der Waals surface area (Å²) in [5, 5.41) is 3.60. The molecule has 3 rings (SSSR count). The minimum absolute atomic E-state index is 0.0703. The van der Waals surface area contributed by atoms with Crippen LogP contribution in [-0.4, -0.2) is 5.91 Å². The molecule has 0 fully saturated rings. The van der Waals surface area contributed by atoms with Crippen LogP contribution in [-0.2, 0) is 17.6 Å². The predicted molar refractivity (Wildman–Crippen MR) is 85.6 cm³/mol. The van der Waals surface area contributed by atoms with Crippen LogP contribution in [0.4, 0.5) is 5.69 Å². The molecule has 0 saturated heterocycles. The summed E-state index contributed by atoms with van der Waals surface area (Å²) < 4.78 is 0. The van der Waals surface area contributed by atoms with E-state index in [2.05, 4.69) is 33.4 Å². The molecule has 4 heteroatoms. The molecule has 1 aliphatic heterocycles. The molecule has 102 valence electrons. The van der Waals surface area contributed by atoms with E-state index in [9.17, 15) is 4.79 Å². The Morgan fingerprint density at radius 1 is 1.20 bits per heavy atom. The van der Waals surface area contributed by atoms with Crippen molar-refractivity contribution in [2.45, 2.75) is 17.7 Å². The fourth-order valence-electron chi connectivity index (χ4n) is 2.39. The number of rotatable bonds is 3. The van der Waals surface area contributed by atoms with Gasteiger partial charge in [0.1, 0.15) is 0 Å². The lowest BCUT2D eigenvalue weighted by Gasteiger charge is -2.12. The highest BCUT2D eigenvalue weighted by Gasteiger charge is 2.19. The van der Waals surface area contributed by atoms with Gasteiger partial charge in [0.25, 0.3) is 0 Å². The quantitative estimate of drug-likeness (QED) is 0.811. The number of alkyl halides is 1. The van der Waals surface area contributed by atoms with Gasteiger partial charge in [0.2, 0.25) is 5.91 Å². The zero-order chi connectivity index (χ0) is 14.1. The highest BCUT2D eigenvalue weighted by atomic mass is 79.9. The van der Waals surface area contributed by atoms with Crippen molar-refractivity contribution >= 4 is 39.1 Å². The average Bonchev–Trinajstić information content (AvgIpc) is 2.80. The van der Waals surface area contributed by atoms with E-state index < -0.39 is 0 Å². The number of anilines is 1. The van der Waals surface area contributed by atoms with Gasteiger partial charge in [0.05, 0.1) is 6.42 Å². The zero-order valence-corrected chi connectivity index (χ0v) is 13.0. The van der Waals surface area contributed by atoms with Crippen LogP contribution in [0.5, 0.6) is 0 Å². The number of carbonyl (C=O) groups excluding carboxylic acids is 1. The first-order valence-corrected chi connectivity index (χ1v) is 7.72. The second-order valence-electron chi connectivity index (χ2n) is 4.94. The molecule has 1 aliphatic rings. The van der Waals surface area contributed by atoms with E-state index in [1.54, 1.807) is 0 Å². The molecule has 1 atom stereocenters. The number of hydrogen-bond acceptors (Lipinski definition) is 1. The Morgan fingerprint density at radius 3 is 2.70 bits per heavy atom. The number of benzene rings is 2. The van der Waals surface area contributed by atoms with Crippen LogP contribution in [0, 0.1) is 0 Å². The normalized spacial score (nSPS) is 14.8. The molecule has 0 aliphatic carbocycles. The van der Waals surface area contributed by atoms with E-state index >= 15 is 0 Å². The van der Waals surface area contributed by atoms with Crippen molar-refractivity contribution in [1.82, 2.24) is 0 Å². The molecule has 20 heavy (non-hydrogen) atoms. The van der Waals surface area contributed by atoms with Crippen LogP contribution in [0.25, 0.3) is 0 Å². The number of fused-ring (bicyclic) bond motifs is 1. The Kier molecular flexibility index (Phi) is 3.81. The predicted octanol–water partition coefficient (Wildman–Crippen LogP) is 4.51. The highest BCUT2D eigenvalue weighted by molar-refractivity contribution is 9.09. The summed E-state index contributed by atoms with van der Waals surface area (Å²) in [4.78, 5) is 11.6. The van der Waals surface area contributed by atoms with Crippen molar-refractivity contribution in [2.75, 3.05) is 5.32 Å². The molecule has 1 heterocycles. The standard InChI is InChI=1S/C16H13BrClNO/c17-14(7-10-1-4-13(18)5-2-10)11-3-6-15-12(8-11)9-16(20)19-15/h1-6,8,14H,7,9H2,(H,19,20). The van der Waals surface area contributed by atoms with E-state index in [-0.39, 0.29) is 10.7 Å². The van der Waals surface area contributed by atoms with Crippen LogP contribution in [0.1, 0.15) is 21.5 Å². The van der Waals surface area contributed by atoms with E-state index in [0.717, 1.165) is 22.7 Å². The van der Waals surface area contributed by atoms with Crippen LogP contribution in [0.3, 0.4) is 0 Å². The van der Waals surface area contributed by atoms with Gasteiger partial charge in [-0.25, -0.2) is 0 Å². The third kappa shape index (κ3) is 2.89. The maximum absolute atomic E-state index is 11.4. The van der Waals surface area contributed by atoms with E-state index in [1.807, 2.05) is 30.3 Å². The lowest BCUT2D eigenvalue weighted by Crippen LogP contribution is -2.03. The monoisotopic (exact) mass is 349 g/mol. The molecule has 1 N–H and O–H groups in total. The summed E-state index contributed by atoms with van der Waals surface area (Å²) in [5.41, 5.74) is 4.43. The van der Waals surface area contributed by atoms with Crippen LogP contribution in [0.15, 0.2) is 42.5 Å². The van der Waals surface area contributed by atoms with Gasteiger partial charge in [-0.2, -0.15) is 0 Å². The Bertz CT molecular complexity index is 654. The third-order valence-electron chi connectivity index (χ3n) is 3.44. The SMILES string of the molecule is O=C1Cc2cc(C(Br)Cc3ccc(Cl)cc3)ccc2N1. The van der Waals surface area contributed by atoms with E-state index in [0.29, 0.717) is 6.42 Å². The molecule has 0 saturated carbocycles. The zero-order valence-electron chi connectivity index (χ0n) is 10.7. The number of carbonyl (C=O) groups is 1. The fraction of sp³-hybridized carbons (Fsp3) is 0.188. The second kappa shape index (κ2) is 5.58. The molecule has 0 aromatic heterocycles. The van der Waals surface area contributed by atoms with Crippen LogP contribution in [0.2, 0.25) is 5.02 Å². The van der Waals surface area contributed by atoms with Crippen molar-refractivity contribution < 1.29 is 4.79 Å². The molecular formula is C16H13BrClNO. The Labute approximate surface area is 131 Å². The highest BCUT2D eigenvalue weighted by Crippen LogP contribution is 2.32. The first kappa shape index (κ1) is 13.7. The van der Waals surface area contributed by atoms with Gasteiger partial charge in [0.15, 0.2) is 0 Å². The Morgan fingerprint density at radius 2 is 1.95 bits per heavy atom. The van der Waals surface area contributed by atoms with Gasteiger partial charge in [-0.3, -0.25) is 4.79 Å². The Hall–Kier alpha value is -1.32. The summed E-state index contributed by atoms with van der Waals surface area (Å²) in [6.07, 6.45) is 1.36. The smallest absolute Gasteiger partial charge is 0.228 e. The fourth-order valence-corrected chi connectivity index (χ4v) is 3.17. The first-order chi connectivity index (χ1) is 9.61. The number of hydrogen-bond donors (Lipinski definition) is 1. The van der Waals surface area contributed by atoms with Crippen molar-refractivity contribution in [2.24, 2.45) is 0 Å². The van der Waals surface area contributed by atoms with Gasteiger partial charge >= 0.3 is 0 Å². The lowest BCUT2D eigenvalue weighted by molar-refractivity contribution is -0.115. The van der Waals surface area contributed by atoms with Gasteiger partial charge in [-0.05, 0) is 41.3 Å². The number of amides is 1. The average molecular weight is 351 g/mol. The van der Waals surface area contributed by atoms with Crippen molar-refractivity contribution in [3.63, 3.8) is 0 Å². The molecule has 2 nitrogen and oxygen atoms in total. The summed E-state index contributed by atoms with van der Waals surface area (Å²) in [5.74, 6) is 0.0703. The number of halogens is 2. The summed E-state index contributed by atoms with van der Waals surface area (Å²) in [6, 6.07) is 14.0. The Balaban J connectivity index is 1.77. The molecular weight excluding hydrogens is 338 g/mol. The van der Waals surface area contributed by atoms with Gasteiger partial charge in [-0.15, -0.1) is 0 Å². The van der Waals surface area contributed by atoms with Gasteiger partial charge < -0.3 is 5.32 Å². The first-order valence-electron chi connectivity index (χ1n) is 6.43. The summed E-state index contributed by atoms with van der Waals surface area (Å²) in [6.45, 7) is 0. The molecule has 2 aromatic carbocycles. The molecule has 1 unspecified atom stereocenters. The molecule has 0 spiro atoms. The molecule has 2 aromatic rings. The summed E-state index contributed by atoms with van der Waals surface area (Å²) >= 11 is 9.62. The van der Waals surface area contributed by atoms with E-state index in [4.69, 9.17) is 11.6 Å². The molecule has 0 radical (unpaired) electrons. The maximum Gasteiger partial charge on any atom is 0.228 e. The van der Waals surface area contributed by atoms with E-state index in [1.165, 1.54) is 11.1 Å². The van der Waals surface area contributed by atoms with Crippen molar-refractivity contribution in [1.29, 1.82) is 0 Å². The minimum atomic E-state index is 0.0703. The van der Waals surface area contributed by atoms with Gasteiger partial charge in [0, 0.05) is 15.5 Å². The summed E-state index contributed by atoms with van der Waals surface area (Å²) in [7, 11) is 0. The molecule has 0 bridgehead atoms. The minimum Gasteiger partial charge on any atom is -0.326 e. The number of nitrogens with one attached hydrogen (secondary N) is 1. The van der Waals surface area contributed by atoms with Crippen molar-refractivity contribution in [3.8, 4) is 0 Å². The topological polar surface area (TPSA) is 29.1 Å². The third-order valence-corrected chi connectivity index (χ3v) is 4.55. The second-order valence-corrected chi connectivity index (χ2v) is 6.48. The van der Waals surface area contributed by atoms with Crippen LogP contribution < -0.4 is 5.32 Å². The largest absolute Gasteiger partial charge is 0.326 e. The maximum atomic E-state index is 11.4.